The van der Waals surface area contributed by atoms with Crippen LogP contribution in [0.1, 0.15) is 35.4 Å². The van der Waals surface area contributed by atoms with E-state index in [0.29, 0.717) is 6.54 Å². The van der Waals surface area contributed by atoms with Gasteiger partial charge >= 0.3 is 0 Å². The Kier molecular flexibility index (Phi) is 4.06. The molecular formula is C17H22FN3. The summed E-state index contributed by atoms with van der Waals surface area (Å²) < 4.78 is 15.2. The van der Waals surface area contributed by atoms with Gasteiger partial charge in [0.1, 0.15) is 5.82 Å². The smallest absolute Gasteiger partial charge is 0.123 e. The Morgan fingerprint density at radius 2 is 2.14 bits per heavy atom. The molecule has 1 fully saturated rings. The van der Waals surface area contributed by atoms with Crippen LogP contribution in [0.2, 0.25) is 0 Å². The van der Waals surface area contributed by atoms with Gasteiger partial charge in [-0.25, -0.2) is 4.39 Å². The molecule has 1 aromatic carbocycles. The van der Waals surface area contributed by atoms with Crippen molar-refractivity contribution in [1.82, 2.24) is 15.1 Å². The number of halogens is 1. The van der Waals surface area contributed by atoms with Gasteiger partial charge in [0.15, 0.2) is 0 Å². The third-order valence-electron chi connectivity index (χ3n) is 4.14. The van der Waals surface area contributed by atoms with Crippen molar-refractivity contribution in [3.05, 3.63) is 52.6 Å². The maximum Gasteiger partial charge on any atom is 0.123 e. The fourth-order valence-corrected chi connectivity index (χ4v) is 2.75. The van der Waals surface area contributed by atoms with Gasteiger partial charge in [0.25, 0.3) is 0 Å². The van der Waals surface area contributed by atoms with Gasteiger partial charge in [0.2, 0.25) is 0 Å². The van der Waals surface area contributed by atoms with Crippen LogP contribution in [-0.2, 0) is 13.0 Å². The van der Waals surface area contributed by atoms with E-state index < -0.39 is 0 Å². The molecule has 3 rings (SSSR count). The van der Waals surface area contributed by atoms with Gasteiger partial charge in [0, 0.05) is 11.7 Å². The lowest BCUT2D eigenvalue weighted by atomic mass is 10.1. The molecule has 1 aliphatic rings. The zero-order chi connectivity index (χ0) is 14.8. The Balaban J connectivity index is 1.70. The number of aryl methyl sites for hydroxylation is 1. The maximum absolute atomic E-state index is 13.3. The predicted octanol–water partition coefficient (Wildman–Crippen LogP) is 2.98. The molecule has 0 atom stereocenters. The summed E-state index contributed by atoms with van der Waals surface area (Å²) in [6.07, 6.45) is 3.64. The van der Waals surface area contributed by atoms with E-state index in [1.807, 2.05) is 10.7 Å². The topological polar surface area (TPSA) is 29.9 Å². The van der Waals surface area contributed by atoms with E-state index in [-0.39, 0.29) is 5.82 Å². The van der Waals surface area contributed by atoms with Crippen LogP contribution < -0.4 is 5.32 Å². The van der Waals surface area contributed by atoms with Crippen molar-refractivity contribution in [2.45, 2.75) is 45.7 Å². The van der Waals surface area contributed by atoms with E-state index in [0.717, 1.165) is 30.3 Å². The summed E-state index contributed by atoms with van der Waals surface area (Å²) in [5, 5.41) is 8.15. The molecule has 0 bridgehead atoms. The van der Waals surface area contributed by atoms with Crippen molar-refractivity contribution in [2.24, 2.45) is 0 Å². The Labute approximate surface area is 125 Å². The van der Waals surface area contributed by atoms with Gasteiger partial charge in [-0.1, -0.05) is 12.1 Å². The molecule has 1 heterocycles. The van der Waals surface area contributed by atoms with Crippen LogP contribution in [0.15, 0.2) is 24.3 Å². The first-order valence-electron chi connectivity index (χ1n) is 7.64. The van der Waals surface area contributed by atoms with Crippen molar-refractivity contribution >= 4 is 0 Å². The molecule has 2 aromatic rings. The van der Waals surface area contributed by atoms with E-state index in [2.05, 4.69) is 24.3 Å². The molecule has 1 aromatic heterocycles. The second-order valence-corrected chi connectivity index (χ2v) is 5.92. The number of nitrogens with zero attached hydrogens (tertiary/aromatic N) is 2. The SMILES string of the molecule is Cc1nn(Cc2cccc(F)c2)c(C)c1CCNC1CC1. The molecule has 0 radical (unpaired) electrons. The molecule has 3 nitrogen and oxygen atoms in total. The van der Waals surface area contributed by atoms with E-state index in [9.17, 15) is 4.39 Å². The van der Waals surface area contributed by atoms with E-state index in [4.69, 9.17) is 0 Å². The third kappa shape index (κ3) is 3.50. The number of hydrogen-bond acceptors (Lipinski definition) is 2. The van der Waals surface area contributed by atoms with Crippen molar-refractivity contribution < 1.29 is 4.39 Å². The molecule has 0 unspecified atom stereocenters. The van der Waals surface area contributed by atoms with Gasteiger partial charge in [-0.15, -0.1) is 0 Å². The Bertz CT molecular complexity index is 629. The first kappa shape index (κ1) is 14.3. The van der Waals surface area contributed by atoms with Crippen LogP contribution in [-0.4, -0.2) is 22.4 Å². The van der Waals surface area contributed by atoms with Crippen LogP contribution in [0.3, 0.4) is 0 Å². The number of nitrogens with one attached hydrogen (secondary N) is 1. The molecule has 1 saturated carbocycles. The summed E-state index contributed by atoms with van der Waals surface area (Å²) >= 11 is 0. The summed E-state index contributed by atoms with van der Waals surface area (Å²) in [5.74, 6) is -0.192. The monoisotopic (exact) mass is 287 g/mol. The Hall–Kier alpha value is -1.68. The highest BCUT2D eigenvalue weighted by atomic mass is 19.1. The molecule has 4 heteroatoms. The van der Waals surface area contributed by atoms with Crippen LogP contribution in [0.25, 0.3) is 0 Å². The standard InChI is InChI=1S/C17H22FN3/c1-12-17(8-9-19-16-6-7-16)13(2)21(20-12)11-14-4-3-5-15(18)10-14/h3-5,10,16,19H,6-9,11H2,1-2H3. The van der Waals surface area contributed by atoms with Crippen molar-refractivity contribution in [3.8, 4) is 0 Å². The zero-order valence-corrected chi connectivity index (χ0v) is 12.7. The fraction of sp³-hybridized carbons (Fsp3) is 0.471. The largest absolute Gasteiger partial charge is 0.314 e. The summed E-state index contributed by atoms with van der Waals surface area (Å²) in [6.45, 7) is 5.80. The minimum atomic E-state index is -0.192. The molecule has 0 aliphatic heterocycles. The average Bonchev–Trinajstić information content (AvgIpc) is 3.22. The predicted molar refractivity (Wildman–Crippen MR) is 81.9 cm³/mol. The Morgan fingerprint density at radius 3 is 2.86 bits per heavy atom. The van der Waals surface area contributed by atoms with E-state index in [1.165, 1.54) is 30.2 Å². The lowest BCUT2D eigenvalue weighted by Crippen LogP contribution is -2.19. The quantitative estimate of drug-likeness (QED) is 0.885. The van der Waals surface area contributed by atoms with Crippen molar-refractivity contribution in [3.63, 3.8) is 0 Å². The normalized spacial score (nSPS) is 14.6. The van der Waals surface area contributed by atoms with Crippen LogP contribution in [0, 0.1) is 19.7 Å². The fourth-order valence-electron chi connectivity index (χ4n) is 2.75. The van der Waals surface area contributed by atoms with Crippen molar-refractivity contribution in [2.75, 3.05) is 6.54 Å². The number of hydrogen-bond donors (Lipinski definition) is 1. The average molecular weight is 287 g/mol. The van der Waals surface area contributed by atoms with Crippen LogP contribution in [0.4, 0.5) is 4.39 Å². The van der Waals surface area contributed by atoms with Gasteiger partial charge in [-0.2, -0.15) is 5.10 Å². The highest BCUT2D eigenvalue weighted by Crippen LogP contribution is 2.19. The minimum Gasteiger partial charge on any atom is -0.314 e. The summed E-state index contributed by atoms with van der Waals surface area (Å²) in [5.41, 5.74) is 4.54. The maximum atomic E-state index is 13.3. The second kappa shape index (κ2) is 5.98. The van der Waals surface area contributed by atoms with E-state index >= 15 is 0 Å². The number of benzene rings is 1. The lowest BCUT2D eigenvalue weighted by molar-refractivity contribution is 0.615. The molecule has 1 N–H and O–H groups in total. The van der Waals surface area contributed by atoms with Crippen molar-refractivity contribution in [1.29, 1.82) is 0 Å². The van der Waals surface area contributed by atoms with E-state index in [1.54, 1.807) is 12.1 Å². The molecular weight excluding hydrogens is 265 g/mol. The summed E-state index contributed by atoms with van der Waals surface area (Å²) in [7, 11) is 0. The molecule has 112 valence electrons. The van der Waals surface area contributed by atoms with Crippen LogP contribution in [0.5, 0.6) is 0 Å². The Morgan fingerprint density at radius 1 is 1.33 bits per heavy atom. The van der Waals surface area contributed by atoms with Crippen LogP contribution >= 0.6 is 0 Å². The molecule has 21 heavy (non-hydrogen) atoms. The van der Waals surface area contributed by atoms with Gasteiger partial charge in [-0.05, 0) is 62.9 Å². The zero-order valence-electron chi connectivity index (χ0n) is 12.7. The number of rotatable bonds is 6. The summed E-state index contributed by atoms with van der Waals surface area (Å²) in [6, 6.07) is 7.47. The summed E-state index contributed by atoms with van der Waals surface area (Å²) in [4.78, 5) is 0. The molecule has 0 saturated heterocycles. The first-order chi connectivity index (χ1) is 10.1. The third-order valence-corrected chi connectivity index (χ3v) is 4.14. The second-order valence-electron chi connectivity index (χ2n) is 5.92. The lowest BCUT2D eigenvalue weighted by Gasteiger charge is -2.06. The molecule has 0 amide bonds. The number of aromatic nitrogens is 2. The molecule has 0 spiro atoms. The van der Waals surface area contributed by atoms with Gasteiger partial charge in [-0.3, -0.25) is 4.68 Å². The first-order valence-corrected chi connectivity index (χ1v) is 7.64. The van der Waals surface area contributed by atoms with Gasteiger partial charge < -0.3 is 5.32 Å². The highest BCUT2D eigenvalue weighted by molar-refractivity contribution is 5.26. The molecule has 1 aliphatic carbocycles. The highest BCUT2D eigenvalue weighted by Gasteiger charge is 2.20. The van der Waals surface area contributed by atoms with Gasteiger partial charge in [0.05, 0.1) is 12.2 Å². The minimum absolute atomic E-state index is 0.192.